The number of halogens is 1. The Bertz CT molecular complexity index is 972. The first kappa shape index (κ1) is 17.4. The van der Waals surface area contributed by atoms with Gasteiger partial charge in [0.2, 0.25) is 0 Å². The van der Waals surface area contributed by atoms with Crippen LogP contribution in [0.2, 0.25) is 0 Å². The number of hydrogen-bond acceptors (Lipinski definition) is 6. The number of aromatic hydroxyl groups is 1. The number of anilines is 1. The highest BCUT2D eigenvalue weighted by Crippen LogP contribution is 2.35. The van der Waals surface area contributed by atoms with Gasteiger partial charge in [0.15, 0.2) is 11.6 Å². The fourth-order valence-corrected chi connectivity index (χ4v) is 3.51. The van der Waals surface area contributed by atoms with Gasteiger partial charge in [0.05, 0.1) is 5.69 Å². The van der Waals surface area contributed by atoms with Crippen LogP contribution in [0.1, 0.15) is 24.3 Å². The summed E-state index contributed by atoms with van der Waals surface area (Å²) in [5.41, 5.74) is 8.08. The molecule has 6 nitrogen and oxygen atoms in total. The third-order valence-electron chi connectivity index (χ3n) is 4.96. The van der Waals surface area contributed by atoms with Crippen LogP contribution in [0.3, 0.4) is 0 Å². The molecule has 3 aromatic rings. The molecule has 0 unspecified atom stereocenters. The fourth-order valence-electron chi connectivity index (χ4n) is 3.51. The molecule has 0 atom stereocenters. The first-order chi connectivity index (χ1) is 13.1. The SMILES string of the molecule is Nc1nnc(-c2ccccc2O)cc1-c1nccc(C2CCNCC2)c1F. The summed E-state index contributed by atoms with van der Waals surface area (Å²) in [6.45, 7) is 1.75. The molecule has 1 aliphatic heterocycles. The summed E-state index contributed by atoms with van der Waals surface area (Å²) in [5.74, 6) is -0.0450. The van der Waals surface area contributed by atoms with Crippen LogP contribution in [0.25, 0.3) is 22.5 Å². The number of nitrogen functional groups attached to an aromatic ring is 1. The maximum atomic E-state index is 15.3. The van der Waals surface area contributed by atoms with E-state index in [4.69, 9.17) is 5.73 Å². The minimum Gasteiger partial charge on any atom is -0.507 e. The molecule has 0 spiro atoms. The molecule has 27 heavy (non-hydrogen) atoms. The third-order valence-corrected chi connectivity index (χ3v) is 4.96. The number of rotatable bonds is 3. The minimum absolute atomic E-state index is 0.0689. The molecular formula is C20H20FN5O. The van der Waals surface area contributed by atoms with Gasteiger partial charge in [-0.25, -0.2) is 4.39 Å². The molecule has 3 heterocycles. The van der Waals surface area contributed by atoms with Gasteiger partial charge in [0, 0.05) is 17.3 Å². The summed E-state index contributed by atoms with van der Waals surface area (Å²) in [7, 11) is 0. The van der Waals surface area contributed by atoms with Crippen LogP contribution >= 0.6 is 0 Å². The smallest absolute Gasteiger partial charge is 0.155 e. The zero-order valence-corrected chi connectivity index (χ0v) is 14.7. The van der Waals surface area contributed by atoms with Crippen LogP contribution in [0.4, 0.5) is 10.2 Å². The van der Waals surface area contributed by atoms with E-state index < -0.39 is 0 Å². The monoisotopic (exact) mass is 365 g/mol. The van der Waals surface area contributed by atoms with Gasteiger partial charge in [-0.2, -0.15) is 0 Å². The van der Waals surface area contributed by atoms with Crippen LogP contribution in [-0.4, -0.2) is 33.4 Å². The average Bonchev–Trinajstić information content (AvgIpc) is 2.70. The number of nitrogens with zero attached hydrogens (tertiary/aromatic N) is 3. The van der Waals surface area contributed by atoms with Crippen molar-refractivity contribution in [3.8, 4) is 28.3 Å². The van der Waals surface area contributed by atoms with Crippen molar-refractivity contribution in [2.75, 3.05) is 18.8 Å². The molecule has 0 amide bonds. The molecule has 2 aromatic heterocycles. The highest BCUT2D eigenvalue weighted by Gasteiger charge is 2.23. The Morgan fingerprint density at radius 1 is 1.07 bits per heavy atom. The van der Waals surface area contributed by atoms with Crippen molar-refractivity contribution in [2.24, 2.45) is 0 Å². The Hall–Kier alpha value is -3.06. The van der Waals surface area contributed by atoms with Gasteiger partial charge >= 0.3 is 0 Å². The number of pyridine rings is 1. The topological polar surface area (TPSA) is 97.0 Å². The number of piperidine rings is 1. The molecule has 138 valence electrons. The van der Waals surface area contributed by atoms with Crippen LogP contribution in [-0.2, 0) is 0 Å². The molecule has 4 N–H and O–H groups in total. The van der Waals surface area contributed by atoms with Crippen molar-refractivity contribution in [3.63, 3.8) is 0 Å². The first-order valence-electron chi connectivity index (χ1n) is 8.92. The third kappa shape index (κ3) is 3.33. The number of phenols is 1. The zero-order chi connectivity index (χ0) is 18.8. The Labute approximate surface area is 156 Å². The highest BCUT2D eigenvalue weighted by atomic mass is 19.1. The van der Waals surface area contributed by atoms with E-state index in [9.17, 15) is 5.11 Å². The van der Waals surface area contributed by atoms with E-state index in [-0.39, 0.29) is 29.0 Å². The van der Waals surface area contributed by atoms with E-state index in [0.29, 0.717) is 22.4 Å². The maximum Gasteiger partial charge on any atom is 0.155 e. The second-order valence-corrected chi connectivity index (χ2v) is 6.63. The lowest BCUT2D eigenvalue weighted by Gasteiger charge is -2.23. The summed E-state index contributed by atoms with van der Waals surface area (Å²) in [5, 5.41) is 21.4. The molecule has 4 rings (SSSR count). The standard InChI is InChI=1S/C20H20FN5O/c21-18-13(12-5-8-23-9-6-12)7-10-24-19(18)15-11-16(25-26-20(15)22)14-3-1-2-4-17(14)27/h1-4,7,10-12,23,27H,5-6,8-9H2,(H2,22,26). The summed E-state index contributed by atoms with van der Waals surface area (Å²) >= 11 is 0. The zero-order valence-electron chi connectivity index (χ0n) is 14.7. The molecule has 0 bridgehead atoms. The molecule has 1 fully saturated rings. The van der Waals surface area contributed by atoms with Gasteiger partial charge in [-0.3, -0.25) is 4.98 Å². The number of nitrogens with one attached hydrogen (secondary N) is 1. The Morgan fingerprint density at radius 2 is 1.85 bits per heavy atom. The quantitative estimate of drug-likeness (QED) is 0.660. The highest BCUT2D eigenvalue weighted by molar-refractivity contribution is 5.77. The van der Waals surface area contributed by atoms with E-state index in [1.165, 1.54) is 0 Å². The largest absolute Gasteiger partial charge is 0.507 e. The van der Waals surface area contributed by atoms with Crippen LogP contribution in [0.15, 0.2) is 42.6 Å². The van der Waals surface area contributed by atoms with Gasteiger partial charge in [0.1, 0.15) is 11.4 Å². The second-order valence-electron chi connectivity index (χ2n) is 6.63. The van der Waals surface area contributed by atoms with E-state index in [1.807, 2.05) is 0 Å². The molecule has 0 radical (unpaired) electrons. The van der Waals surface area contributed by atoms with Gasteiger partial charge in [-0.1, -0.05) is 12.1 Å². The van der Waals surface area contributed by atoms with Crippen molar-refractivity contribution < 1.29 is 9.50 Å². The van der Waals surface area contributed by atoms with Gasteiger partial charge < -0.3 is 16.2 Å². The predicted molar refractivity (Wildman–Crippen MR) is 102 cm³/mol. The Kier molecular flexibility index (Phi) is 4.68. The number of para-hydroxylation sites is 1. The Morgan fingerprint density at radius 3 is 2.63 bits per heavy atom. The molecule has 7 heteroatoms. The number of phenolic OH excluding ortho intramolecular Hbond substituents is 1. The van der Waals surface area contributed by atoms with Crippen molar-refractivity contribution in [1.29, 1.82) is 0 Å². The lowest BCUT2D eigenvalue weighted by Crippen LogP contribution is -2.27. The molecular weight excluding hydrogens is 345 g/mol. The summed E-state index contributed by atoms with van der Waals surface area (Å²) in [4.78, 5) is 4.22. The fraction of sp³-hybridized carbons (Fsp3) is 0.250. The summed E-state index contributed by atoms with van der Waals surface area (Å²) in [6, 6.07) is 10.1. The van der Waals surface area contributed by atoms with Crippen LogP contribution < -0.4 is 11.1 Å². The minimum atomic E-state index is -0.368. The lowest BCUT2D eigenvalue weighted by molar-refractivity contribution is 0.445. The number of aromatic nitrogens is 3. The van der Waals surface area contributed by atoms with Gasteiger partial charge in [0.25, 0.3) is 0 Å². The molecule has 0 saturated carbocycles. The molecule has 1 saturated heterocycles. The van der Waals surface area contributed by atoms with Crippen molar-refractivity contribution in [1.82, 2.24) is 20.5 Å². The van der Waals surface area contributed by atoms with Gasteiger partial charge in [-0.15, -0.1) is 10.2 Å². The molecule has 1 aliphatic rings. The number of hydrogen-bond donors (Lipinski definition) is 3. The van der Waals surface area contributed by atoms with E-state index in [2.05, 4.69) is 20.5 Å². The van der Waals surface area contributed by atoms with E-state index in [1.54, 1.807) is 42.6 Å². The van der Waals surface area contributed by atoms with Crippen LogP contribution in [0, 0.1) is 5.82 Å². The molecule has 0 aliphatic carbocycles. The lowest BCUT2D eigenvalue weighted by atomic mass is 9.89. The first-order valence-corrected chi connectivity index (χ1v) is 8.92. The predicted octanol–water partition coefficient (Wildman–Crippen LogP) is 3.10. The normalized spacial score (nSPS) is 15.0. The molecule has 1 aromatic carbocycles. The van der Waals surface area contributed by atoms with Crippen LogP contribution in [0.5, 0.6) is 5.75 Å². The average molecular weight is 365 g/mol. The van der Waals surface area contributed by atoms with E-state index in [0.717, 1.165) is 25.9 Å². The number of benzene rings is 1. The second kappa shape index (κ2) is 7.28. The van der Waals surface area contributed by atoms with Crippen molar-refractivity contribution in [2.45, 2.75) is 18.8 Å². The number of nitrogens with two attached hydrogens (primary N) is 1. The van der Waals surface area contributed by atoms with Gasteiger partial charge in [-0.05, 0) is 61.7 Å². The van der Waals surface area contributed by atoms with E-state index >= 15 is 4.39 Å². The summed E-state index contributed by atoms with van der Waals surface area (Å²) < 4.78 is 15.3. The summed E-state index contributed by atoms with van der Waals surface area (Å²) in [6.07, 6.45) is 3.37. The maximum absolute atomic E-state index is 15.3. The van der Waals surface area contributed by atoms with Crippen molar-refractivity contribution >= 4 is 5.82 Å². The Balaban J connectivity index is 1.80. The van der Waals surface area contributed by atoms with Crippen molar-refractivity contribution in [3.05, 3.63) is 54.0 Å².